The Kier molecular flexibility index (Phi) is 5.61. The predicted octanol–water partition coefficient (Wildman–Crippen LogP) is 2.86. The third kappa shape index (κ3) is 3.94. The molecular weight excluding hydrogens is 378 g/mol. The number of amides is 1. The Balaban J connectivity index is 2.23. The Bertz CT molecular complexity index is 758. The molecule has 3 N–H and O–H groups in total. The highest BCUT2D eigenvalue weighted by molar-refractivity contribution is 9.10. The molecule has 7 nitrogen and oxygen atoms in total. The van der Waals surface area contributed by atoms with Crippen LogP contribution in [0.1, 0.15) is 47.6 Å². The molecular formula is C16H18BrN3O4. The first-order chi connectivity index (χ1) is 11.3. The number of H-pyrrole nitrogens is 1. The van der Waals surface area contributed by atoms with Crippen LogP contribution in [0.15, 0.2) is 28.7 Å². The topological polar surface area (TPSA) is 104 Å². The van der Waals surface area contributed by atoms with Gasteiger partial charge < -0.3 is 15.2 Å². The fourth-order valence-corrected chi connectivity index (χ4v) is 2.66. The molecule has 1 heterocycles. The van der Waals surface area contributed by atoms with E-state index in [1.165, 1.54) is 7.11 Å². The molecule has 0 radical (unpaired) electrons. The molecule has 1 atom stereocenters. The van der Waals surface area contributed by atoms with Gasteiger partial charge in [-0.05, 0) is 45.6 Å². The number of aliphatic carboxylic acids is 1. The molecule has 0 aliphatic heterocycles. The van der Waals surface area contributed by atoms with Crippen molar-refractivity contribution in [1.82, 2.24) is 15.5 Å². The molecule has 0 aliphatic rings. The highest BCUT2D eigenvalue weighted by Gasteiger charge is 2.24. The van der Waals surface area contributed by atoms with Crippen molar-refractivity contribution in [2.75, 3.05) is 7.11 Å². The van der Waals surface area contributed by atoms with Crippen LogP contribution < -0.4 is 10.1 Å². The van der Waals surface area contributed by atoms with E-state index in [0.29, 0.717) is 15.8 Å². The number of carbonyl (C=O) groups is 2. The quantitative estimate of drug-likeness (QED) is 0.697. The van der Waals surface area contributed by atoms with Gasteiger partial charge in [-0.1, -0.05) is 19.9 Å². The summed E-state index contributed by atoms with van der Waals surface area (Å²) in [7, 11) is 1.51. The maximum Gasteiger partial charge on any atom is 0.330 e. The van der Waals surface area contributed by atoms with E-state index in [1.54, 1.807) is 24.3 Å². The van der Waals surface area contributed by atoms with Crippen LogP contribution in [0.2, 0.25) is 0 Å². The number of carboxylic acids is 1. The van der Waals surface area contributed by atoms with Crippen molar-refractivity contribution in [3.8, 4) is 5.75 Å². The number of nitrogens with zero attached hydrogens (tertiary/aromatic N) is 1. The first kappa shape index (κ1) is 18.0. The Morgan fingerprint density at radius 3 is 2.54 bits per heavy atom. The van der Waals surface area contributed by atoms with Crippen molar-refractivity contribution >= 4 is 27.8 Å². The predicted molar refractivity (Wildman–Crippen MR) is 91.2 cm³/mol. The standard InChI is InChI=1S/C16H18BrN3O4/c1-8(2)11-7-12(20-19-11)15(21)18-14(16(22)23)9-4-5-13(24-3)10(17)6-9/h4-8,14H,1-3H3,(H,18,21)(H,19,20)(H,22,23). The van der Waals surface area contributed by atoms with Gasteiger partial charge in [-0.15, -0.1) is 0 Å². The molecule has 1 aromatic carbocycles. The van der Waals surface area contributed by atoms with Gasteiger partial charge in [0.25, 0.3) is 5.91 Å². The van der Waals surface area contributed by atoms with Gasteiger partial charge in [0.15, 0.2) is 6.04 Å². The summed E-state index contributed by atoms with van der Waals surface area (Å²) in [4.78, 5) is 23.8. The van der Waals surface area contributed by atoms with Crippen LogP contribution in [-0.2, 0) is 4.79 Å². The Labute approximate surface area is 147 Å². The average Bonchev–Trinajstić information content (AvgIpc) is 3.02. The van der Waals surface area contributed by atoms with Crippen LogP contribution in [0.5, 0.6) is 5.75 Å². The van der Waals surface area contributed by atoms with Gasteiger partial charge in [-0.25, -0.2) is 4.79 Å². The number of carbonyl (C=O) groups excluding carboxylic acids is 1. The van der Waals surface area contributed by atoms with Crippen molar-refractivity contribution in [3.63, 3.8) is 0 Å². The monoisotopic (exact) mass is 395 g/mol. The molecule has 0 saturated heterocycles. The minimum absolute atomic E-state index is 0.150. The summed E-state index contributed by atoms with van der Waals surface area (Å²) in [6, 6.07) is 5.24. The molecule has 0 spiro atoms. The molecule has 0 fully saturated rings. The Morgan fingerprint density at radius 2 is 2.04 bits per heavy atom. The summed E-state index contributed by atoms with van der Waals surface area (Å²) in [5.41, 5.74) is 1.37. The van der Waals surface area contributed by atoms with Crippen LogP contribution in [0.3, 0.4) is 0 Å². The molecule has 1 amide bonds. The molecule has 0 aliphatic carbocycles. The van der Waals surface area contributed by atoms with Gasteiger partial charge in [0, 0.05) is 5.69 Å². The highest BCUT2D eigenvalue weighted by atomic mass is 79.9. The normalized spacial score (nSPS) is 12.0. The van der Waals surface area contributed by atoms with Gasteiger partial charge in [0.05, 0.1) is 11.6 Å². The zero-order valence-corrected chi connectivity index (χ0v) is 15.0. The third-order valence-corrected chi connectivity index (χ3v) is 4.10. The van der Waals surface area contributed by atoms with Gasteiger partial charge >= 0.3 is 5.97 Å². The zero-order valence-electron chi connectivity index (χ0n) is 13.5. The molecule has 24 heavy (non-hydrogen) atoms. The summed E-state index contributed by atoms with van der Waals surface area (Å²) in [5, 5.41) is 18.6. The van der Waals surface area contributed by atoms with Crippen molar-refractivity contribution < 1.29 is 19.4 Å². The SMILES string of the molecule is COc1ccc(C(NC(=O)c2cc(C(C)C)[nH]n2)C(=O)O)cc1Br. The summed E-state index contributed by atoms with van der Waals surface area (Å²) < 4.78 is 5.72. The Hall–Kier alpha value is -2.35. The molecule has 2 rings (SSSR count). The summed E-state index contributed by atoms with van der Waals surface area (Å²) in [5.74, 6) is -0.965. The van der Waals surface area contributed by atoms with Gasteiger partial charge in [0.1, 0.15) is 11.4 Å². The molecule has 128 valence electrons. The zero-order chi connectivity index (χ0) is 17.9. The van der Waals surface area contributed by atoms with E-state index in [4.69, 9.17) is 4.74 Å². The number of aromatic nitrogens is 2. The van der Waals surface area contributed by atoms with Crippen LogP contribution >= 0.6 is 15.9 Å². The lowest BCUT2D eigenvalue weighted by Crippen LogP contribution is -2.34. The maximum atomic E-state index is 12.3. The maximum absolute atomic E-state index is 12.3. The van der Waals surface area contributed by atoms with Crippen molar-refractivity contribution in [2.24, 2.45) is 0 Å². The van der Waals surface area contributed by atoms with Gasteiger partial charge in [0.2, 0.25) is 0 Å². The molecule has 1 aromatic heterocycles. The minimum Gasteiger partial charge on any atom is -0.496 e. The van der Waals surface area contributed by atoms with E-state index >= 15 is 0 Å². The smallest absolute Gasteiger partial charge is 0.330 e. The van der Waals surface area contributed by atoms with Crippen molar-refractivity contribution in [3.05, 3.63) is 45.7 Å². The first-order valence-electron chi connectivity index (χ1n) is 7.26. The first-order valence-corrected chi connectivity index (χ1v) is 8.05. The van der Waals surface area contributed by atoms with E-state index in [2.05, 4.69) is 31.4 Å². The number of nitrogens with one attached hydrogen (secondary N) is 2. The summed E-state index contributed by atoms with van der Waals surface area (Å²) in [6.45, 7) is 3.92. The Morgan fingerprint density at radius 1 is 1.33 bits per heavy atom. The van der Waals surface area contributed by atoms with Crippen LogP contribution in [0, 0.1) is 0 Å². The van der Waals surface area contributed by atoms with Crippen LogP contribution in [0.4, 0.5) is 0 Å². The summed E-state index contributed by atoms with van der Waals surface area (Å²) in [6.07, 6.45) is 0. The number of hydrogen-bond acceptors (Lipinski definition) is 4. The molecule has 2 aromatic rings. The number of halogens is 1. The van der Waals surface area contributed by atoms with Crippen LogP contribution in [0.25, 0.3) is 0 Å². The minimum atomic E-state index is -1.20. The van der Waals surface area contributed by atoms with E-state index in [9.17, 15) is 14.7 Å². The number of carboxylic acid groups (broad SMARTS) is 1. The molecule has 8 heteroatoms. The summed E-state index contributed by atoms with van der Waals surface area (Å²) >= 11 is 3.31. The number of methoxy groups -OCH3 is 1. The number of ether oxygens (including phenoxy) is 1. The van der Waals surface area contributed by atoms with Gasteiger partial charge in [-0.2, -0.15) is 5.10 Å². The third-order valence-electron chi connectivity index (χ3n) is 3.48. The van der Waals surface area contributed by atoms with E-state index < -0.39 is 17.9 Å². The second-order valence-corrected chi connectivity index (χ2v) is 6.36. The lowest BCUT2D eigenvalue weighted by Gasteiger charge is -2.15. The number of rotatable bonds is 6. The largest absolute Gasteiger partial charge is 0.496 e. The lowest BCUT2D eigenvalue weighted by molar-refractivity contribution is -0.139. The number of aromatic amines is 1. The molecule has 1 unspecified atom stereocenters. The van der Waals surface area contributed by atoms with E-state index in [-0.39, 0.29) is 11.6 Å². The lowest BCUT2D eigenvalue weighted by atomic mass is 10.1. The average molecular weight is 396 g/mol. The fourth-order valence-electron chi connectivity index (χ4n) is 2.10. The number of benzene rings is 1. The van der Waals surface area contributed by atoms with E-state index in [0.717, 1.165) is 5.69 Å². The number of hydrogen-bond donors (Lipinski definition) is 3. The van der Waals surface area contributed by atoms with Crippen LogP contribution in [-0.4, -0.2) is 34.3 Å². The second-order valence-electron chi connectivity index (χ2n) is 5.50. The molecule has 0 bridgehead atoms. The van der Waals surface area contributed by atoms with Crippen molar-refractivity contribution in [2.45, 2.75) is 25.8 Å². The molecule has 0 saturated carbocycles. The highest BCUT2D eigenvalue weighted by Crippen LogP contribution is 2.28. The van der Waals surface area contributed by atoms with Gasteiger partial charge in [-0.3, -0.25) is 9.89 Å². The fraction of sp³-hybridized carbons (Fsp3) is 0.312. The van der Waals surface area contributed by atoms with Crippen molar-refractivity contribution in [1.29, 1.82) is 0 Å². The van der Waals surface area contributed by atoms with E-state index in [1.807, 2.05) is 13.8 Å². The second kappa shape index (κ2) is 7.48.